The molecule has 0 aliphatic heterocycles. The zero-order chi connectivity index (χ0) is 22.2. The van der Waals surface area contributed by atoms with Crippen molar-refractivity contribution < 1.29 is 0 Å². The van der Waals surface area contributed by atoms with Gasteiger partial charge < -0.3 is 10.6 Å². The van der Waals surface area contributed by atoms with E-state index in [1.54, 1.807) is 0 Å². The van der Waals surface area contributed by atoms with Crippen LogP contribution in [0.1, 0.15) is 35.4 Å². The second kappa shape index (κ2) is 10.5. The van der Waals surface area contributed by atoms with Crippen molar-refractivity contribution in [1.29, 1.82) is 0 Å². The van der Waals surface area contributed by atoms with E-state index in [2.05, 4.69) is 83.0 Å². The van der Waals surface area contributed by atoms with Crippen molar-refractivity contribution in [3.05, 3.63) is 101 Å². The molecule has 0 saturated carbocycles. The van der Waals surface area contributed by atoms with Crippen LogP contribution in [0.2, 0.25) is 0 Å². The number of benzene rings is 3. The highest BCUT2D eigenvalue weighted by atomic mass is 15.2. The van der Waals surface area contributed by atoms with Gasteiger partial charge in [0.15, 0.2) is 0 Å². The Labute approximate surface area is 190 Å². The van der Waals surface area contributed by atoms with Crippen LogP contribution in [0, 0.1) is 13.8 Å². The van der Waals surface area contributed by atoms with Crippen LogP contribution in [-0.2, 0) is 12.8 Å². The molecular formula is C27H29N5. The fraction of sp³-hybridized carbons (Fsp3) is 0.222. The van der Waals surface area contributed by atoms with Crippen LogP contribution in [0.3, 0.4) is 0 Å². The molecule has 32 heavy (non-hydrogen) atoms. The number of nitrogens with zero attached hydrogens (tertiary/aromatic N) is 3. The molecular weight excluding hydrogens is 394 g/mol. The highest BCUT2D eigenvalue weighted by Gasteiger charge is 2.09. The molecule has 0 radical (unpaired) electrons. The molecule has 0 atom stereocenters. The van der Waals surface area contributed by atoms with E-state index >= 15 is 0 Å². The molecule has 3 aromatic carbocycles. The van der Waals surface area contributed by atoms with Crippen LogP contribution in [-0.4, -0.2) is 15.0 Å². The van der Waals surface area contributed by atoms with Gasteiger partial charge in [0.05, 0.1) is 0 Å². The average Bonchev–Trinajstić information content (AvgIpc) is 2.80. The summed E-state index contributed by atoms with van der Waals surface area (Å²) in [5.74, 6) is 1.90. The van der Waals surface area contributed by atoms with Gasteiger partial charge in [-0.05, 0) is 62.4 Å². The topological polar surface area (TPSA) is 62.7 Å². The van der Waals surface area contributed by atoms with E-state index < -0.39 is 0 Å². The molecule has 1 heterocycles. The summed E-state index contributed by atoms with van der Waals surface area (Å²) in [6, 6.07) is 26.9. The van der Waals surface area contributed by atoms with Crippen molar-refractivity contribution in [3.8, 4) is 0 Å². The smallest absolute Gasteiger partial charge is 0.232 e. The predicted octanol–water partition coefficient (Wildman–Crippen LogP) is 6.54. The summed E-state index contributed by atoms with van der Waals surface area (Å²) in [4.78, 5) is 14.0. The molecule has 0 bridgehead atoms. The molecule has 0 unspecified atom stereocenters. The van der Waals surface area contributed by atoms with Crippen LogP contribution >= 0.6 is 0 Å². The number of unbranched alkanes of at least 4 members (excludes halogenated alkanes) is 1. The Kier molecular flexibility index (Phi) is 7.08. The molecule has 5 nitrogen and oxygen atoms in total. The Morgan fingerprint density at radius 1 is 0.656 bits per heavy atom. The minimum atomic E-state index is 0.552. The fourth-order valence-electron chi connectivity index (χ4n) is 3.63. The van der Waals surface area contributed by atoms with E-state index in [0.29, 0.717) is 11.9 Å². The van der Waals surface area contributed by atoms with Gasteiger partial charge in [-0.2, -0.15) is 15.0 Å². The van der Waals surface area contributed by atoms with Gasteiger partial charge in [-0.15, -0.1) is 0 Å². The summed E-state index contributed by atoms with van der Waals surface area (Å²) in [6.45, 7) is 4.18. The third kappa shape index (κ3) is 6.14. The molecule has 2 N–H and O–H groups in total. The first-order valence-corrected chi connectivity index (χ1v) is 11.1. The largest absolute Gasteiger partial charge is 0.324 e. The second-order valence-electron chi connectivity index (χ2n) is 8.03. The number of rotatable bonds is 9. The number of nitrogens with one attached hydrogen (secondary N) is 2. The van der Waals surface area contributed by atoms with Crippen molar-refractivity contribution in [2.45, 2.75) is 39.5 Å². The van der Waals surface area contributed by atoms with E-state index in [0.717, 1.165) is 48.4 Å². The van der Waals surface area contributed by atoms with E-state index in [9.17, 15) is 0 Å². The fourth-order valence-corrected chi connectivity index (χ4v) is 3.63. The highest BCUT2D eigenvalue weighted by Crippen LogP contribution is 2.21. The summed E-state index contributed by atoms with van der Waals surface area (Å²) in [5.41, 5.74) is 5.71. The van der Waals surface area contributed by atoms with Crippen molar-refractivity contribution in [3.63, 3.8) is 0 Å². The maximum absolute atomic E-state index is 4.71. The normalized spacial score (nSPS) is 10.7. The molecule has 0 spiro atoms. The zero-order valence-electron chi connectivity index (χ0n) is 18.7. The first-order chi connectivity index (χ1) is 15.7. The van der Waals surface area contributed by atoms with E-state index in [1.807, 2.05) is 30.3 Å². The molecule has 0 aliphatic carbocycles. The number of anilines is 4. The first kappa shape index (κ1) is 21.5. The van der Waals surface area contributed by atoms with Crippen LogP contribution in [0.4, 0.5) is 23.3 Å². The van der Waals surface area contributed by atoms with Crippen molar-refractivity contribution in [2.24, 2.45) is 0 Å². The molecule has 0 saturated heterocycles. The van der Waals surface area contributed by atoms with Gasteiger partial charge in [0.1, 0.15) is 5.82 Å². The molecule has 4 aromatic rings. The van der Waals surface area contributed by atoms with Gasteiger partial charge in [-0.25, -0.2) is 0 Å². The Bertz CT molecular complexity index is 1140. The van der Waals surface area contributed by atoms with Crippen molar-refractivity contribution >= 4 is 23.3 Å². The lowest BCUT2D eigenvalue weighted by Gasteiger charge is -2.12. The van der Waals surface area contributed by atoms with E-state index in [1.165, 1.54) is 11.1 Å². The van der Waals surface area contributed by atoms with Gasteiger partial charge in [-0.1, -0.05) is 66.2 Å². The minimum Gasteiger partial charge on any atom is -0.324 e. The summed E-state index contributed by atoms with van der Waals surface area (Å²) in [5, 5.41) is 6.69. The number of hydrogen-bond donors (Lipinski definition) is 2. The van der Waals surface area contributed by atoms with Gasteiger partial charge in [0.25, 0.3) is 0 Å². The van der Waals surface area contributed by atoms with Crippen LogP contribution < -0.4 is 10.6 Å². The molecule has 0 aliphatic rings. The standard InChI is InChI=1S/C27H29N5/c1-20-17-18-24(21(2)19-20)29-27-31-25(16-10-9-13-22-11-5-3-6-12-22)30-26(32-27)28-23-14-7-4-8-15-23/h3-8,11-12,14-15,17-19H,9-10,13,16H2,1-2H3,(H2,28,29,30,31,32). The highest BCUT2D eigenvalue weighted by molar-refractivity contribution is 5.60. The lowest BCUT2D eigenvalue weighted by atomic mass is 10.1. The maximum Gasteiger partial charge on any atom is 0.232 e. The Hall–Kier alpha value is -3.73. The summed E-state index contributed by atoms with van der Waals surface area (Å²) in [7, 11) is 0. The third-order valence-electron chi connectivity index (χ3n) is 5.30. The quantitative estimate of drug-likeness (QED) is 0.299. The van der Waals surface area contributed by atoms with Gasteiger partial charge >= 0.3 is 0 Å². The van der Waals surface area contributed by atoms with E-state index in [4.69, 9.17) is 4.98 Å². The summed E-state index contributed by atoms with van der Waals surface area (Å²) >= 11 is 0. The maximum atomic E-state index is 4.71. The Morgan fingerprint density at radius 2 is 1.31 bits per heavy atom. The van der Waals surface area contributed by atoms with Gasteiger partial charge in [0.2, 0.25) is 11.9 Å². The minimum absolute atomic E-state index is 0.552. The number of aromatic nitrogens is 3. The van der Waals surface area contributed by atoms with Crippen LogP contribution in [0.15, 0.2) is 78.9 Å². The van der Waals surface area contributed by atoms with Gasteiger partial charge in [0, 0.05) is 17.8 Å². The first-order valence-electron chi connectivity index (χ1n) is 11.1. The predicted molar refractivity (Wildman–Crippen MR) is 132 cm³/mol. The summed E-state index contributed by atoms with van der Waals surface area (Å²) in [6.07, 6.45) is 3.98. The molecule has 4 rings (SSSR count). The Balaban J connectivity index is 1.49. The molecule has 162 valence electrons. The Morgan fingerprint density at radius 3 is 2.03 bits per heavy atom. The molecule has 0 fully saturated rings. The second-order valence-corrected chi connectivity index (χ2v) is 8.03. The van der Waals surface area contributed by atoms with Crippen LogP contribution in [0.25, 0.3) is 0 Å². The van der Waals surface area contributed by atoms with Crippen molar-refractivity contribution in [1.82, 2.24) is 15.0 Å². The van der Waals surface area contributed by atoms with Crippen LogP contribution in [0.5, 0.6) is 0 Å². The lowest BCUT2D eigenvalue weighted by Crippen LogP contribution is -2.08. The third-order valence-corrected chi connectivity index (χ3v) is 5.30. The van der Waals surface area contributed by atoms with E-state index in [-0.39, 0.29) is 0 Å². The van der Waals surface area contributed by atoms with Gasteiger partial charge in [-0.3, -0.25) is 0 Å². The molecule has 5 heteroatoms. The molecule has 1 aromatic heterocycles. The van der Waals surface area contributed by atoms with Crippen molar-refractivity contribution in [2.75, 3.05) is 10.6 Å². The average molecular weight is 424 g/mol. The number of para-hydroxylation sites is 1. The lowest BCUT2D eigenvalue weighted by molar-refractivity contribution is 0.705. The number of aryl methyl sites for hydroxylation is 4. The number of hydrogen-bond acceptors (Lipinski definition) is 5. The summed E-state index contributed by atoms with van der Waals surface area (Å²) < 4.78 is 0. The SMILES string of the molecule is Cc1ccc(Nc2nc(CCCCc3ccccc3)nc(Nc3ccccc3)n2)c(C)c1. The monoisotopic (exact) mass is 423 g/mol. The zero-order valence-corrected chi connectivity index (χ0v) is 18.7. The molecule has 0 amide bonds.